The fourth-order valence-corrected chi connectivity index (χ4v) is 4.31. The maximum absolute atomic E-state index is 12.6. The Morgan fingerprint density at radius 1 is 1.09 bits per heavy atom. The first kappa shape index (κ1) is 24.7. The van der Waals surface area contributed by atoms with Crippen molar-refractivity contribution in [2.45, 2.75) is 12.5 Å². The number of nitrogens with zero attached hydrogens (tertiary/aromatic N) is 2. The number of likely N-dealkylation sites (tertiary alicyclic amines) is 1. The van der Waals surface area contributed by atoms with E-state index in [0.29, 0.717) is 44.1 Å². The quantitative estimate of drug-likeness (QED) is 0.243. The molecule has 2 saturated heterocycles. The molecule has 2 fully saturated rings. The van der Waals surface area contributed by atoms with E-state index in [-0.39, 0.29) is 24.4 Å². The Morgan fingerprint density at radius 2 is 1.71 bits per heavy atom. The SMILES string of the molecule is CN1C(=O)[C@@H](C(=O)OCCN2CCOCC2)C[C@H]1COc1ccc(-c2ccc(C(=N)N)cc2)cc1. The van der Waals surface area contributed by atoms with Crippen molar-refractivity contribution in [3.8, 4) is 16.9 Å². The summed E-state index contributed by atoms with van der Waals surface area (Å²) in [5.74, 6) is -0.735. The van der Waals surface area contributed by atoms with Crippen LogP contribution in [0, 0.1) is 11.3 Å². The standard InChI is InChI=1S/C26H32N4O5/c1-29-21(16-23(25(29)31)26(32)34-15-12-30-10-13-33-14-11-30)17-35-22-8-6-19(7-9-22)18-2-4-20(5-3-18)24(27)28/h2-9,21,23H,10-17H2,1H3,(H3,27,28)/t21-,23-/m0/s1. The van der Waals surface area contributed by atoms with Crippen LogP contribution < -0.4 is 10.5 Å². The van der Waals surface area contributed by atoms with Gasteiger partial charge in [-0.3, -0.25) is 19.9 Å². The molecular weight excluding hydrogens is 448 g/mol. The molecule has 0 radical (unpaired) electrons. The summed E-state index contributed by atoms with van der Waals surface area (Å²) in [7, 11) is 1.70. The summed E-state index contributed by atoms with van der Waals surface area (Å²) in [6.45, 7) is 4.26. The molecular formula is C26H32N4O5. The third-order valence-electron chi connectivity index (χ3n) is 6.57. The summed E-state index contributed by atoms with van der Waals surface area (Å²) in [5, 5.41) is 7.49. The molecule has 1 amide bonds. The lowest BCUT2D eigenvalue weighted by molar-refractivity contribution is -0.153. The Labute approximate surface area is 205 Å². The zero-order valence-corrected chi connectivity index (χ0v) is 19.9. The van der Waals surface area contributed by atoms with E-state index in [1.54, 1.807) is 11.9 Å². The number of carbonyl (C=O) groups is 2. The van der Waals surface area contributed by atoms with Crippen LogP contribution in [0.4, 0.5) is 0 Å². The Balaban J connectivity index is 1.25. The lowest BCUT2D eigenvalue weighted by atomic mass is 10.0. The predicted octanol–water partition coefficient (Wildman–Crippen LogP) is 1.74. The van der Waals surface area contributed by atoms with E-state index in [1.807, 2.05) is 48.5 Å². The van der Waals surface area contributed by atoms with Crippen molar-refractivity contribution in [2.24, 2.45) is 11.7 Å². The average molecular weight is 481 g/mol. The van der Waals surface area contributed by atoms with Gasteiger partial charge in [0, 0.05) is 32.2 Å². The van der Waals surface area contributed by atoms with Crippen LogP contribution in [-0.4, -0.2) is 86.7 Å². The monoisotopic (exact) mass is 480 g/mol. The molecule has 2 aliphatic rings. The molecule has 0 spiro atoms. The minimum Gasteiger partial charge on any atom is -0.491 e. The molecule has 35 heavy (non-hydrogen) atoms. The van der Waals surface area contributed by atoms with Crippen molar-refractivity contribution in [2.75, 3.05) is 53.1 Å². The smallest absolute Gasteiger partial charge is 0.318 e. The van der Waals surface area contributed by atoms with Crippen LogP contribution in [0.15, 0.2) is 48.5 Å². The van der Waals surface area contributed by atoms with Gasteiger partial charge < -0.3 is 24.8 Å². The second kappa shape index (κ2) is 11.3. The van der Waals surface area contributed by atoms with Gasteiger partial charge in [0.2, 0.25) is 5.91 Å². The van der Waals surface area contributed by atoms with Crippen molar-refractivity contribution < 1.29 is 23.8 Å². The molecule has 0 saturated carbocycles. The number of rotatable bonds is 9. The maximum Gasteiger partial charge on any atom is 0.318 e. The van der Waals surface area contributed by atoms with Gasteiger partial charge in [-0.2, -0.15) is 0 Å². The number of benzene rings is 2. The van der Waals surface area contributed by atoms with Gasteiger partial charge in [0.1, 0.15) is 30.7 Å². The number of ether oxygens (including phenoxy) is 3. The maximum atomic E-state index is 12.6. The lowest BCUT2D eigenvalue weighted by Crippen LogP contribution is -2.39. The van der Waals surface area contributed by atoms with Crippen molar-refractivity contribution in [1.29, 1.82) is 5.41 Å². The van der Waals surface area contributed by atoms with Crippen molar-refractivity contribution in [3.05, 3.63) is 54.1 Å². The first-order chi connectivity index (χ1) is 16.9. The first-order valence-electron chi connectivity index (χ1n) is 11.8. The highest BCUT2D eigenvalue weighted by Gasteiger charge is 2.42. The summed E-state index contributed by atoms with van der Waals surface area (Å²) in [6, 6.07) is 14.9. The molecule has 4 rings (SSSR count). The highest BCUT2D eigenvalue weighted by molar-refractivity contribution is 5.99. The van der Waals surface area contributed by atoms with Gasteiger partial charge in [0.15, 0.2) is 0 Å². The number of amidine groups is 1. The van der Waals surface area contributed by atoms with Gasteiger partial charge >= 0.3 is 5.97 Å². The zero-order chi connectivity index (χ0) is 24.8. The summed E-state index contributed by atoms with van der Waals surface area (Å²) in [6.07, 6.45) is 0.381. The van der Waals surface area contributed by atoms with Gasteiger partial charge in [-0.1, -0.05) is 36.4 Å². The minimum absolute atomic E-state index is 0.0409. The van der Waals surface area contributed by atoms with Crippen LogP contribution >= 0.6 is 0 Å². The molecule has 2 aliphatic heterocycles. The molecule has 9 heteroatoms. The number of morpholine rings is 1. The number of nitrogens with one attached hydrogen (secondary N) is 1. The van der Waals surface area contributed by atoms with Crippen LogP contribution in [0.2, 0.25) is 0 Å². The van der Waals surface area contributed by atoms with Gasteiger partial charge in [-0.15, -0.1) is 0 Å². The van der Waals surface area contributed by atoms with Crippen LogP contribution in [0.3, 0.4) is 0 Å². The van der Waals surface area contributed by atoms with Gasteiger partial charge in [-0.25, -0.2) is 0 Å². The van der Waals surface area contributed by atoms with Crippen LogP contribution in [0.25, 0.3) is 11.1 Å². The minimum atomic E-state index is -0.779. The van der Waals surface area contributed by atoms with E-state index < -0.39 is 11.9 Å². The van der Waals surface area contributed by atoms with E-state index in [9.17, 15) is 9.59 Å². The molecule has 2 atom stereocenters. The van der Waals surface area contributed by atoms with Gasteiger partial charge in [0.05, 0.1) is 19.3 Å². The van der Waals surface area contributed by atoms with Gasteiger partial charge in [-0.05, 0) is 29.7 Å². The molecule has 2 heterocycles. The molecule has 2 aromatic carbocycles. The average Bonchev–Trinajstić information content (AvgIpc) is 3.17. The highest BCUT2D eigenvalue weighted by atomic mass is 16.5. The lowest BCUT2D eigenvalue weighted by Gasteiger charge is -2.26. The number of likely N-dealkylation sites (N-methyl/N-ethyl adjacent to an activating group) is 1. The molecule has 0 unspecified atom stereocenters. The third-order valence-corrected chi connectivity index (χ3v) is 6.57. The summed E-state index contributed by atoms with van der Waals surface area (Å²) >= 11 is 0. The fraction of sp³-hybridized carbons (Fsp3) is 0.423. The molecule has 2 aromatic rings. The number of amides is 1. The van der Waals surface area contributed by atoms with E-state index >= 15 is 0 Å². The normalized spacial score (nSPS) is 20.6. The number of nitrogens with two attached hydrogens (primary N) is 1. The molecule has 0 aliphatic carbocycles. The summed E-state index contributed by atoms with van der Waals surface area (Å²) < 4.78 is 16.7. The van der Waals surface area contributed by atoms with Crippen LogP contribution in [0.1, 0.15) is 12.0 Å². The second-order valence-corrected chi connectivity index (χ2v) is 8.84. The van der Waals surface area contributed by atoms with Crippen molar-refractivity contribution in [1.82, 2.24) is 9.80 Å². The first-order valence-corrected chi connectivity index (χ1v) is 11.8. The summed E-state index contributed by atoms with van der Waals surface area (Å²) in [5.41, 5.74) is 8.22. The van der Waals surface area contributed by atoms with E-state index in [0.717, 1.165) is 24.2 Å². The Hall–Kier alpha value is -3.43. The topological polar surface area (TPSA) is 118 Å². The molecule has 0 aromatic heterocycles. The number of carbonyl (C=O) groups excluding carboxylic acids is 2. The Morgan fingerprint density at radius 3 is 2.34 bits per heavy atom. The molecule has 186 valence electrons. The number of esters is 1. The molecule has 0 bridgehead atoms. The number of hydrogen-bond acceptors (Lipinski definition) is 7. The Kier molecular flexibility index (Phi) is 7.99. The molecule has 9 nitrogen and oxygen atoms in total. The van der Waals surface area contributed by atoms with E-state index in [4.69, 9.17) is 25.4 Å². The third kappa shape index (κ3) is 6.17. The largest absolute Gasteiger partial charge is 0.491 e. The predicted molar refractivity (Wildman–Crippen MR) is 131 cm³/mol. The van der Waals surface area contributed by atoms with Crippen molar-refractivity contribution in [3.63, 3.8) is 0 Å². The second-order valence-electron chi connectivity index (χ2n) is 8.84. The zero-order valence-electron chi connectivity index (χ0n) is 19.9. The summed E-state index contributed by atoms with van der Waals surface area (Å²) in [4.78, 5) is 28.9. The van der Waals surface area contributed by atoms with Gasteiger partial charge in [0.25, 0.3) is 0 Å². The van der Waals surface area contributed by atoms with Crippen molar-refractivity contribution >= 4 is 17.7 Å². The van der Waals surface area contributed by atoms with E-state index in [2.05, 4.69) is 4.90 Å². The number of hydrogen-bond donors (Lipinski definition) is 2. The molecule has 3 N–H and O–H groups in total. The Bertz CT molecular complexity index is 1030. The van der Waals surface area contributed by atoms with Crippen LogP contribution in [0.5, 0.6) is 5.75 Å². The van der Waals surface area contributed by atoms with Crippen LogP contribution in [-0.2, 0) is 19.1 Å². The highest BCUT2D eigenvalue weighted by Crippen LogP contribution is 2.27. The van der Waals surface area contributed by atoms with E-state index in [1.165, 1.54) is 0 Å². The fourth-order valence-electron chi connectivity index (χ4n) is 4.31. The number of nitrogen functional groups attached to an aromatic ring is 1.